The van der Waals surface area contributed by atoms with Crippen molar-refractivity contribution >= 4 is 0 Å². The Morgan fingerprint density at radius 1 is 1.00 bits per heavy atom. The van der Waals surface area contributed by atoms with Gasteiger partial charge in [-0.3, -0.25) is 0 Å². The van der Waals surface area contributed by atoms with E-state index >= 15 is 0 Å². The lowest BCUT2D eigenvalue weighted by molar-refractivity contribution is 0.321. The fraction of sp³-hybridized carbons (Fsp3) is 0.625. The van der Waals surface area contributed by atoms with Gasteiger partial charge < -0.3 is 19.9 Å². The smallest absolute Gasteiger partial charge is 0.203 e. The summed E-state index contributed by atoms with van der Waals surface area (Å²) >= 11 is 0. The Morgan fingerprint density at radius 2 is 1.50 bits per heavy atom. The van der Waals surface area contributed by atoms with Crippen molar-refractivity contribution < 1.29 is 14.2 Å². The lowest BCUT2D eigenvalue weighted by Gasteiger charge is -2.22. The van der Waals surface area contributed by atoms with E-state index < -0.39 is 0 Å². The number of benzene rings is 1. The second kappa shape index (κ2) is 6.84. The summed E-state index contributed by atoms with van der Waals surface area (Å²) in [6.07, 6.45) is 1.98. The van der Waals surface area contributed by atoms with Gasteiger partial charge >= 0.3 is 0 Å². The molecule has 20 heavy (non-hydrogen) atoms. The van der Waals surface area contributed by atoms with E-state index in [2.05, 4.69) is 20.8 Å². The third-order valence-corrected chi connectivity index (χ3v) is 3.32. The van der Waals surface area contributed by atoms with E-state index in [-0.39, 0.29) is 11.5 Å². The van der Waals surface area contributed by atoms with E-state index in [0.717, 1.165) is 18.4 Å². The highest BCUT2D eigenvalue weighted by Crippen LogP contribution is 2.40. The Morgan fingerprint density at radius 3 is 1.85 bits per heavy atom. The average molecular weight is 281 g/mol. The Balaban J connectivity index is 3.00. The van der Waals surface area contributed by atoms with Gasteiger partial charge in [-0.1, -0.05) is 20.8 Å². The number of ether oxygens (including phenoxy) is 3. The van der Waals surface area contributed by atoms with Crippen molar-refractivity contribution in [1.82, 2.24) is 0 Å². The molecular formula is C16H27NO3. The predicted molar refractivity (Wildman–Crippen MR) is 81.7 cm³/mol. The summed E-state index contributed by atoms with van der Waals surface area (Å²) in [6.45, 7) is 6.65. The highest BCUT2D eigenvalue weighted by atomic mass is 16.5. The molecule has 1 aromatic rings. The van der Waals surface area contributed by atoms with Crippen LogP contribution < -0.4 is 19.9 Å². The van der Waals surface area contributed by atoms with Crippen LogP contribution in [0.5, 0.6) is 17.2 Å². The minimum Gasteiger partial charge on any atom is -0.493 e. The van der Waals surface area contributed by atoms with Gasteiger partial charge in [0, 0.05) is 6.04 Å². The first-order valence-corrected chi connectivity index (χ1v) is 6.88. The monoisotopic (exact) mass is 281 g/mol. The minimum absolute atomic E-state index is 0.0390. The first-order valence-electron chi connectivity index (χ1n) is 6.88. The molecule has 1 unspecified atom stereocenters. The fourth-order valence-corrected chi connectivity index (χ4v) is 2.07. The molecule has 0 aliphatic carbocycles. The summed E-state index contributed by atoms with van der Waals surface area (Å²) in [4.78, 5) is 0. The zero-order valence-corrected chi connectivity index (χ0v) is 13.4. The molecule has 114 valence electrons. The second-order valence-electron chi connectivity index (χ2n) is 6.16. The van der Waals surface area contributed by atoms with Gasteiger partial charge in [0.05, 0.1) is 21.3 Å². The molecule has 0 radical (unpaired) electrons. The van der Waals surface area contributed by atoms with Crippen LogP contribution in [0.2, 0.25) is 0 Å². The van der Waals surface area contributed by atoms with Gasteiger partial charge in [0.1, 0.15) is 0 Å². The van der Waals surface area contributed by atoms with Crippen molar-refractivity contribution in [3.63, 3.8) is 0 Å². The van der Waals surface area contributed by atoms with Crippen LogP contribution in [0.4, 0.5) is 0 Å². The summed E-state index contributed by atoms with van der Waals surface area (Å²) < 4.78 is 16.0. The Kier molecular flexibility index (Phi) is 5.69. The molecule has 0 amide bonds. The van der Waals surface area contributed by atoms with Crippen LogP contribution in [0.15, 0.2) is 12.1 Å². The first-order chi connectivity index (χ1) is 9.32. The van der Waals surface area contributed by atoms with Crippen LogP contribution in [0.1, 0.15) is 45.2 Å². The number of hydrogen-bond acceptors (Lipinski definition) is 4. The summed E-state index contributed by atoms with van der Waals surface area (Å²) in [5.41, 5.74) is 7.57. The standard InChI is InChI=1S/C16H27NO3/c1-16(2,3)8-7-12(17)11-9-13(18-4)15(20-6)14(10-11)19-5/h9-10,12H,7-8,17H2,1-6H3. The fourth-order valence-electron chi connectivity index (χ4n) is 2.07. The van der Waals surface area contributed by atoms with Crippen molar-refractivity contribution in [2.45, 2.75) is 39.7 Å². The van der Waals surface area contributed by atoms with Crippen LogP contribution in [0.3, 0.4) is 0 Å². The van der Waals surface area contributed by atoms with Crippen molar-refractivity contribution in [1.29, 1.82) is 0 Å². The van der Waals surface area contributed by atoms with E-state index in [1.807, 2.05) is 12.1 Å². The van der Waals surface area contributed by atoms with Gasteiger partial charge in [-0.15, -0.1) is 0 Å². The molecule has 4 nitrogen and oxygen atoms in total. The predicted octanol–water partition coefficient (Wildman–Crippen LogP) is 3.54. The van der Waals surface area contributed by atoms with E-state index in [1.165, 1.54) is 0 Å². The maximum Gasteiger partial charge on any atom is 0.203 e. The summed E-state index contributed by atoms with van der Waals surface area (Å²) in [5.74, 6) is 1.89. The third-order valence-electron chi connectivity index (χ3n) is 3.32. The number of nitrogens with two attached hydrogens (primary N) is 1. The van der Waals surface area contributed by atoms with Crippen molar-refractivity contribution in [2.24, 2.45) is 11.1 Å². The largest absolute Gasteiger partial charge is 0.493 e. The lowest BCUT2D eigenvalue weighted by atomic mass is 9.87. The molecule has 1 aromatic carbocycles. The summed E-state index contributed by atoms with van der Waals surface area (Å²) in [6, 6.07) is 3.81. The van der Waals surface area contributed by atoms with Crippen LogP contribution >= 0.6 is 0 Å². The van der Waals surface area contributed by atoms with Crippen molar-refractivity contribution in [3.8, 4) is 17.2 Å². The van der Waals surface area contributed by atoms with Crippen LogP contribution in [0.25, 0.3) is 0 Å². The highest BCUT2D eigenvalue weighted by molar-refractivity contribution is 5.54. The van der Waals surface area contributed by atoms with E-state index in [9.17, 15) is 0 Å². The van der Waals surface area contributed by atoms with Gasteiger partial charge in [0.2, 0.25) is 5.75 Å². The average Bonchev–Trinajstić information content (AvgIpc) is 2.42. The van der Waals surface area contributed by atoms with Gasteiger partial charge in [-0.25, -0.2) is 0 Å². The highest BCUT2D eigenvalue weighted by Gasteiger charge is 2.18. The molecule has 0 heterocycles. The number of methoxy groups -OCH3 is 3. The maximum absolute atomic E-state index is 6.29. The first kappa shape index (κ1) is 16.6. The SMILES string of the molecule is COc1cc(C(N)CCC(C)(C)C)cc(OC)c1OC. The van der Waals surface area contributed by atoms with Crippen LogP contribution in [0, 0.1) is 5.41 Å². The molecule has 0 bridgehead atoms. The Hall–Kier alpha value is -1.42. The topological polar surface area (TPSA) is 53.7 Å². The van der Waals surface area contributed by atoms with Gasteiger partial charge in [-0.2, -0.15) is 0 Å². The van der Waals surface area contributed by atoms with Gasteiger partial charge in [0.15, 0.2) is 11.5 Å². The van der Waals surface area contributed by atoms with E-state index in [0.29, 0.717) is 17.2 Å². The molecule has 0 fully saturated rings. The minimum atomic E-state index is -0.0390. The van der Waals surface area contributed by atoms with Crippen molar-refractivity contribution in [2.75, 3.05) is 21.3 Å². The van der Waals surface area contributed by atoms with Crippen LogP contribution in [-0.4, -0.2) is 21.3 Å². The molecule has 0 saturated heterocycles. The summed E-state index contributed by atoms with van der Waals surface area (Å²) in [5, 5.41) is 0. The van der Waals surface area contributed by atoms with E-state index in [1.54, 1.807) is 21.3 Å². The molecule has 0 aliphatic rings. The molecule has 1 rings (SSSR count). The molecule has 0 spiro atoms. The molecule has 2 N–H and O–H groups in total. The molecule has 0 aromatic heterocycles. The molecule has 0 saturated carbocycles. The van der Waals surface area contributed by atoms with Crippen molar-refractivity contribution in [3.05, 3.63) is 17.7 Å². The second-order valence-corrected chi connectivity index (χ2v) is 6.16. The maximum atomic E-state index is 6.29. The third kappa shape index (κ3) is 4.30. The zero-order valence-electron chi connectivity index (χ0n) is 13.4. The van der Waals surface area contributed by atoms with Gasteiger partial charge in [-0.05, 0) is 36.0 Å². The zero-order chi connectivity index (χ0) is 15.3. The Labute approximate surface area is 122 Å². The normalized spacial score (nSPS) is 12.9. The molecule has 0 aliphatic heterocycles. The van der Waals surface area contributed by atoms with Crippen LogP contribution in [-0.2, 0) is 0 Å². The molecule has 1 atom stereocenters. The quantitative estimate of drug-likeness (QED) is 0.866. The van der Waals surface area contributed by atoms with Gasteiger partial charge in [0.25, 0.3) is 0 Å². The lowest BCUT2D eigenvalue weighted by Crippen LogP contribution is -2.15. The molecule has 4 heteroatoms. The Bertz CT molecular complexity index is 413. The van der Waals surface area contributed by atoms with E-state index in [4.69, 9.17) is 19.9 Å². The number of rotatable bonds is 6. The summed E-state index contributed by atoms with van der Waals surface area (Å²) in [7, 11) is 4.82. The molecular weight excluding hydrogens is 254 g/mol. The number of hydrogen-bond donors (Lipinski definition) is 1.